The molecule has 1 amide bonds. The Balaban J connectivity index is 1.91. The molecule has 0 bridgehead atoms. The molecule has 0 saturated carbocycles. The van der Waals surface area contributed by atoms with Gasteiger partial charge in [0.05, 0.1) is 5.56 Å². The summed E-state index contributed by atoms with van der Waals surface area (Å²) >= 11 is 0. The maximum atomic E-state index is 12.6. The summed E-state index contributed by atoms with van der Waals surface area (Å²) in [6, 6.07) is 7.70. The standard InChI is InChI=1S/C16H26N4O/c1-17-15-7-5-4-6-14(15)16(21)20-12-10-19(11-13-20)9-8-18(2)3/h4-7,17H,8-13H2,1-3H3. The van der Waals surface area contributed by atoms with Crippen molar-refractivity contribution in [2.24, 2.45) is 0 Å². The van der Waals surface area contributed by atoms with Crippen LogP contribution in [0, 0.1) is 0 Å². The zero-order valence-corrected chi connectivity index (χ0v) is 13.3. The van der Waals surface area contributed by atoms with E-state index in [1.807, 2.05) is 36.2 Å². The van der Waals surface area contributed by atoms with Crippen LogP contribution in [0.4, 0.5) is 5.69 Å². The SMILES string of the molecule is CNc1ccccc1C(=O)N1CCN(CCN(C)C)CC1. The van der Waals surface area contributed by atoms with Gasteiger partial charge in [-0.1, -0.05) is 12.1 Å². The number of anilines is 1. The first-order valence-corrected chi connectivity index (χ1v) is 7.55. The molecule has 116 valence electrons. The summed E-state index contributed by atoms with van der Waals surface area (Å²) in [5.41, 5.74) is 1.67. The van der Waals surface area contributed by atoms with Crippen LogP contribution in [0.15, 0.2) is 24.3 Å². The minimum absolute atomic E-state index is 0.132. The molecular weight excluding hydrogens is 264 g/mol. The number of amides is 1. The molecule has 1 aromatic carbocycles. The summed E-state index contributed by atoms with van der Waals surface area (Å²) in [5.74, 6) is 0.132. The van der Waals surface area contributed by atoms with Crippen LogP contribution in [0.1, 0.15) is 10.4 Å². The Bertz CT molecular complexity index is 467. The van der Waals surface area contributed by atoms with E-state index < -0.39 is 0 Å². The molecule has 21 heavy (non-hydrogen) atoms. The van der Waals surface area contributed by atoms with Gasteiger partial charge in [-0.15, -0.1) is 0 Å². The Hall–Kier alpha value is -1.59. The molecule has 5 nitrogen and oxygen atoms in total. The predicted octanol–water partition coefficient (Wildman–Crippen LogP) is 1.05. The summed E-state index contributed by atoms with van der Waals surface area (Å²) in [6.07, 6.45) is 0. The van der Waals surface area contributed by atoms with Crippen molar-refractivity contribution in [3.63, 3.8) is 0 Å². The number of hydrogen-bond donors (Lipinski definition) is 1. The zero-order valence-electron chi connectivity index (χ0n) is 13.3. The molecule has 1 aliphatic rings. The number of nitrogens with zero attached hydrogens (tertiary/aromatic N) is 3. The number of benzene rings is 1. The van der Waals surface area contributed by atoms with Crippen molar-refractivity contribution in [1.29, 1.82) is 0 Å². The third kappa shape index (κ3) is 4.19. The van der Waals surface area contributed by atoms with Crippen LogP contribution in [0.25, 0.3) is 0 Å². The molecule has 0 atom stereocenters. The largest absolute Gasteiger partial charge is 0.387 e. The second-order valence-corrected chi connectivity index (χ2v) is 5.73. The summed E-state index contributed by atoms with van der Waals surface area (Å²) in [5, 5.41) is 3.09. The highest BCUT2D eigenvalue weighted by atomic mass is 16.2. The minimum Gasteiger partial charge on any atom is -0.387 e. The summed E-state index contributed by atoms with van der Waals surface area (Å²) in [6.45, 7) is 5.68. The molecule has 0 aromatic heterocycles. The third-order valence-corrected chi connectivity index (χ3v) is 3.95. The zero-order chi connectivity index (χ0) is 15.2. The highest BCUT2D eigenvalue weighted by Crippen LogP contribution is 2.17. The molecule has 0 unspecified atom stereocenters. The maximum absolute atomic E-state index is 12.6. The highest BCUT2D eigenvalue weighted by Gasteiger charge is 2.23. The summed E-state index contributed by atoms with van der Waals surface area (Å²) < 4.78 is 0. The Labute approximate surface area is 127 Å². The molecule has 1 fully saturated rings. The van der Waals surface area contributed by atoms with Crippen LogP contribution in [-0.2, 0) is 0 Å². The quantitative estimate of drug-likeness (QED) is 0.880. The van der Waals surface area contributed by atoms with E-state index in [0.29, 0.717) is 0 Å². The van der Waals surface area contributed by atoms with E-state index in [4.69, 9.17) is 0 Å². The van der Waals surface area contributed by atoms with Crippen molar-refractivity contribution < 1.29 is 4.79 Å². The van der Waals surface area contributed by atoms with Gasteiger partial charge in [0.15, 0.2) is 0 Å². The minimum atomic E-state index is 0.132. The lowest BCUT2D eigenvalue weighted by atomic mass is 10.1. The van der Waals surface area contributed by atoms with Gasteiger partial charge in [-0.3, -0.25) is 9.69 Å². The summed E-state index contributed by atoms with van der Waals surface area (Å²) in [4.78, 5) is 19.2. The molecule has 1 N–H and O–H groups in total. The fourth-order valence-electron chi connectivity index (χ4n) is 2.57. The van der Waals surface area contributed by atoms with Crippen LogP contribution in [0.2, 0.25) is 0 Å². The van der Waals surface area contributed by atoms with E-state index in [0.717, 1.165) is 50.5 Å². The van der Waals surface area contributed by atoms with Gasteiger partial charge in [0.2, 0.25) is 0 Å². The number of para-hydroxylation sites is 1. The molecule has 0 radical (unpaired) electrons. The number of rotatable bonds is 5. The first-order chi connectivity index (χ1) is 10.1. The third-order valence-electron chi connectivity index (χ3n) is 3.95. The van der Waals surface area contributed by atoms with Crippen LogP contribution in [0.3, 0.4) is 0 Å². The number of hydrogen-bond acceptors (Lipinski definition) is 4. The van der Waals surface area contributed by atoms with E-state index in [1.165, 1.54) is 0 Å². The van der Waals surface area contributed by atoms with E-state index in [1.54, 1.807) is 0 Å². The number of carbonyl (C=O) groups excluding carboxylic acids is 1. The van der Waals surface area contributed by atoms with Crippen molar-refractivity contribution in [2.45, 2.75) is 0 Å². The van der Waals surface area contributed by atoms with Crippen LogP contribution >= 0.6 is 0 Å². The van der Waals surface area contributed by atoms with Crippen molar-refractivity contribution >= 4 is 11.6 Å². The lowest BCUT2D eigenvalue weighted by Crippen LogP contribution is -2.50. The lowest BCUT2D eigenvalue weighted by Gasteiger charge is -2.35. The topological polar surface area (TPSA) is 38.8 Å². The lowest BCUT2D eigenvalue weighted by molar-refractivity contribution is 0.0630. The maximum Gasteiger partial charge on any atom is 0.256 e. The fourth-order valence-corrected chi connectivity index (χ4v) is 2.57. The van der Waals surface area contributed by atoms with Gasteiger partial charge in [-0.25, -0.2) is 0 Å². The van der Waals surface area contributed by atoms with Gasteiger partial charge < -0.3 is 15.1 Å². The Morgan fingerprint density at radius 1 is 1.19 bits per heavy atom. The van der Waals surface area contributed by atoms with Gasteiger partial charge in [0.25, 0.3) is 5.91 Å². The average Bonchev–Trinajstić information content (AvgIpc) is 2.52. The number of carbonyl (C=O) groups is 1. The molecule has 0 spiro atoms. The van der Waals surface area contributed by atoms with Gasteiger partial charge in [0, 0.05) is 52.0 Å². The molecule has 1 aliphatic heterocycles. The molecule has 1 heterocycles. The molecule has 2 rings (SSSR count). The van der Waals surface area contributed by atoms with E-state index in [9.17, 15) is 4.79 Å². The van der Waals surface area contributed by atoms with Crippen LogP contribution in [0.5, 0.6) is 0 Å². The van der Waals surface area contributed by atoms with Crippen molar-refractivity contribution in [3.8, 4) is 0 Å². The first-order valence-electron chi connectivity index (χ1n) is 7.55. The Morgan fingerprint density at radius 2 is 1.86 bits per heavy atom. The first kappa shape index (κ1) is 15.8. The summed E-state index contributed by atoms with van der Waals surface area (Å²) in [7, 11) is 6.04. The van der Waals surface area contributed by atoms with Gasteiger partial charge in [-0.2, -0.15) is 0 Å². The van der Waals surface area contributed by atoms with E-state index >= 15 is 0 Å². The molecular formula is C16H26N4O. The number of likely N-dealkylation sites (N-methyl/N-ethyl adjacent to an activating group) is 1. The van der Waals surface area contributed by atoms with Crippen molar-refractivity contribution in [3.05, 3.63) is 29.8 Å². The highest BCUT2D eigenvalue weighted by molar-refractivity contribution is 5.99. The predicted molar refractivity (Wildman–Crippen MR) is 86.9 cm³/mol. The van der Waals surface area contributed by atoms with E-state index in [2.05, 4.69) is 29.2 Å². The second kappa shape index (κ2) is 7.43. The Morgan fingerprint density at radius 3 is 2.48 bits per heavy atom. The van der Waals surface area contributed by atoms with Crippen molar-refractivity contribution in [2.75, 3.05) is 65.7 Å². The molecule has 5 heteroatoms. The van der Waals surface area contributed by atoms with Gasteiger partial charge in [0.1, 0.15) is 0 Å². The average molecular weight is 290 g/mol. The Kier molecular flexibility index (Phi) is 5.59. The normalized spacial score (nSPS) is 16.3. The molecule has 1 saturated heterocycles. The van der Waals surface area contributed by atoms with Gasteiger partial charge in [-0.05, 0) is 26.2 Å². The molecule has 1 aromatic rings. The number of piperazine rings is 1. The van der Waals surface area contributed by atoms with Crippen LogP contribution < -0.4 is 5.32 Å². The van der Waals surface area contributed by atoms with Crippen molar-refractivity contribution in [1.82, 2.24) is 14.7 Å². The van der Waals surface area contributed by atoms with E-state index in [-0.39, 0.29) is 5.91 Å². The molecule has 0 aliphatic carbocycles. The van der Waals surface area contributed by atoms with Crippen LogP contribution in [-0.4, -0.2) is 81.0 Å². The smallest absolute Gasteiger partial charge is 0.256 e. The second-order valence-electron chi connectivity index (χ2n) is 5.73. The van der Waals surface area contributed by atoms with Gasteiger partial charge >= 0.3 is 0 Å². The monoisotopic (exact) mass is 290 g/mol. The fraction of sp³-hybridized carbons (Fsp3) is 0.562. The number of nitrogens with one attached hydrogen (secondary N) is 1.